The van der Waals surface area contributed by atoms with Gasteiger partial charge in [0, 0.05) is 19.1 Å². The number of halogens is 3. The Kier molecular flexibility index (Phi) is 4.83. The second-order valence-corrected chi connectivity index (χ2v) is 6.46. The molecule has 24 heavy (non-hydrogen) atoms. The number of alkyl halides is 3. The van der Waals surface area contributed by atoms with Crippen molar-refractivity contribution < 1.29 is 22.7 Å². The Morgan fingerprint density at radius 2 is 1.96 bits per heavy atom. The lowest BCUT2D eigenvalue weighted by Crippen LogP contribution is -2.53. The van der Waals surface area contributed by atoms with Gasteiger partial charge in [0.2, 0.25) is 5.91 Å². The van der Waals surface area contributed by atoms with Crippen molar-refractivity contribution in [3.63, 3.8) is 0 Å². The van der Waals surface area contributed by atoms with Crippen molar-refractivity contribution in [3.05, 3.63) is 35.9 Å². The molecule has 1 aromatic carbocycles. The molecule has 2 heterocycles. The number of carbonyl (C=O) groups excluding carboxylic acids is 1. The van der Waals surface area contributed by atoms with Crippen molar-refractivity contribution in [2.75, 3.05) is 26.2 Å². The van der Waals surface area contributed by atoms with Crippen LogP contribution in [-0.2, 0) is 9.53 Å². The molecule has 3 atom stereocenters. The number of rotatable bonds is 3. The average Bonchev–Trinajstić information content (AvgIpc) is 2.88. The van der Waals surface area contributed by atoms with Crippen LogP contribution in [0.25, 0.3) is 0 Å². The van der Waals surface area contributed by atoms with E-state index in [0.717, 1.165) is 10.5 Å². The first-order chi connectivity index (χ1) is 11.3. The molecule has 0 saturated carbocycles. The van der Waals surface area contributed by atoms with Gasteiger partial charge in [-0.1, -0.05) is 30.3 Å². The van der Waals surface area contributed by atoms with Crippen LogP contribution in [0.2, 0.25) is 0 Å². The fourth-order valence-electron chi connectivity index (χ4n) is 3.48. The fraction of sp³-hybridized carbons (Fsp3) is 0.588. The number of amides is 1. The SMILES string of the molecule is C[C@@H]1CO[C@@H](c2ccccc2)CN1[C@H]1CCN(CC(F)(F)F)C1=O. The van der Waals surface area contributed by atoms with E-state index in [9.17, 15) is 18.0 Å². The van der Waals surface area contributed by atoms with Gasteiger partial charge in [-0.15, -0.1) is 0 Å². The maximum absolute atomic E-state index is 12.6. The zero-order valence-electron chi connectivity index (χ0n) is 13.5. The molecule has 4 nitrogen and oxygen atoms in total. The van der Waals surface area contributed by atoms with Crippen LogP contribution in [0.1, 0.15) is 25.0 Å². The molecule has 2 saturated heterocycles. The smallest absolute Gasteiger partial charge is 0.371 e. The van der Waals surface area contributed by atoms with Crippen LogP contribution in [-0.4, -0.2) is 60.2 Å². The van der Waals surface area contributed by atoms with E-state index < -0.39 is 24.7 Å². The van der Waals surface area contributed by atoms with E-state index in [2.05, 4.69) is 0 Å². The predicted octanol–water partition coefficient (Wildman–Crippen LogP) is 2.61. The zero-order valence-corrected chi connectivity index (χ0v) is 13.5. The molecule has 0 N–H and O–H groups in total. The molecule has 0 radical (unpaired) electrons. The minimum Gasteiger partial charge on any atom is -0.371 e. The van der Waals surface area contributed by atoms with Gasteiger partial charge in [-0.3, -0.25) is 9.69 Å². The van der Waals surface area contributed by atoms with E-state index in [1.165, 1.54) is 0 Å². The van der Waals surface area contributed by atoms with E-state index in [1.807, 2.05) is 42.2 Å². The van der Waals surface area contributed by atoms with Gasteiger partial charge in [0.15, 0.2) is 0 Å². The molecule has 132 valence electrons. The predicted molar refractivity (Wildman–Crippen MR) is 82.3 cm³/mol. The van der Waals surface area contributed by atoms with Crippen LogP contribution in [0, 0.1) is 0 Å². The summed E-state index contributed by atoms with van der Waals surface area (Å²) in [6, 6.07) is 9.21. The fourth-order valence-corrected chi connectivity index (χ4v) is 3.48. The lowest BCUT2D eigenvalue weighted by atomic mass is 10.0. The summed E-state index contributed by atoms with van der Waals surface area (Å²) in [5.74, 6) is -0.423. The molecule has 1 aromatic rings. The van der Waals surface area contributed by atoms with Gasteiger partial charge in [0.25, 0.3) is 0 Å². The van der Waals surface area contributed by atoms with Crippen LogP contribution >= 0.6 is 0 Å². The maximum atomic E-state index is 12.6. The second kappa shape index (κ2) is 6.72. The van der Waals surface area contributed by atoms with E-state index in [4.69, 9.17) is 4.74 Å². The van der Waals surface area contributed by atoms with Gasteiger partial charge in [0.05, 0.1) is 18.8 Å². The van der Waals surface area contributed by atoms with Crippen molar-refractivity contribution in [1.82, 2.24) is 9.80 Å². The first kappa shape index (κ1) is 17.2. The van der Waals surface area contributed by atoms with Gasteiger partial charge >= 0.3 is 6.18 Å². The summed E-state index contributed by atoms with van der Waals surface area (Å²) in [5.41, 5.74) is 1.02. The van der Waals surface area contributed by atoms with Gasteiger partial charge in [-0.25, -0.2) is 0 Å². The lowest BCUT2D eigenvalue weighted by Gasteiger charge is -2.41. The van der Waals surface area contributed by atoms with Crippen LogP contribution in [0.15, 0.2) is 30.3 Å². The number of nitrogens with zero attached hydrogens (tertiary/aromatic N) is 2. The number of benzene rings is 1. The number of morpholine rings is 1. The molecule has 2 aliphatic rings. The van der Waals surface area contributed by atoms with E-state index in [-0.39, 0.29) is 18.7 Å². The minimum atomic E-state index is -4.35. The molecule has 0 unspecified atom stereocenters. The maximum Gasteiger partial charge on any atom is 0.406 e. The Morgan fingerprint density at radius 1 is 1.25 bits per heavy atom. The van der Waals surface area contributed by atoms with Gasteiger partial charge in [-0.2, -0.15) is 13.2 Å². The average molecular weight is 342 g/mol. The Balaban J connectivity index is 1.70. The summed E-state index contributed by atoms with van der Waals surface area (Å²) < 4.78 is 43.6. The van der Waals surface area contributed by atoms with Crippen molar-refractivity contribution in [1.29, 1.82) is 0 Å². The van der Waals surface area contributed by atoms with Crippen LogP contribution in [0.5, 0.6) is 0 Å². The first-order valence-corrected chi connectivity index (χ1v) is 8.13. The van der Waals surface area contributed by atoms with Gasteiger partial charge < -0.3 is 9.64 Å². The quantitative estimate of drug-likeness (QED) is 0.847. The molecule has 7 heteroatoms. The van der Waals surface area contributed by atoms with Crippen molar-refractivity contribution in [2.24, 2.45) is 0 Å². The monoisotopic (exact) mass is 342 g/mol. The molecule has 0 spiro atoms. The van der Waals surface area contributed by atoms with Crippen LogP contribution in [0.4, 0.5) is 13.2 Å². The summed E-state index contributed by atoms with van der Waals surface area (Å²) in [5, 5.41) is 0. The Labute approximate surface area is 139 Å². The largest absolute Gasteiger partial charge is 0.406 e. The molecule has 0 bridgehead atoms. The highest BCUT2D eigenvalue weighted by Gasteiger charge is 2.44. The molecular formula is C17H21F3N2O2. The van der Waals surface area contributed by atoms with Crippen LogP contribution < -0.4 is 0 Å². The summed E-state index contributed by atoms with van der Waals surface area (Å²) in [7, 11) is 0. The summed E-state index contributed by atoms with van der Waals surface area (Å²) in [6.45, 7) is 1.91. The Hall–Kier alpha value is -1.60. The third-order valence-corrected chi connectivity index (χ3v) is 4.69. The van der Waals surface area contributed by atoms with Crippen LogP contribution in [0.3, 0.4) is 0 Å². The molecule has 2 aliphatic heterocycles. The molecule has 2 fully saturated rings. The number of likely N-dealkylation sites (tertiary alicyclic amines) is 1. The van der Waals surface area contributed by atoms with Gasteiger partial charge in [-0.05, 0) is 18.9 Å². The third kappa shape index (κ3) is 3.72. The number of carbonyl (C=O) groups is 1. The molecule has 0 aromatic heterocycles. The van der Waals surface area contributed by atoms with Crippen molar-refractivity contribution in [2.45, 2.75) is 37.7 Å². The van der Waals surface area contributed by atoms with E-state index in [0.29, 0.717) is 19.6 Å². The van der Waals surface area contributed by atoms with E-state index >= 15 is 0 Å². The number of hydrogen-bond acceptors (Lipinski definition) is 3. The minimum absolute atomic E-state index is 0.00440. The Morgan fingerprint density at radius 3 is 2.62 bits per heavy atom. The number of hydrogen-bond donors (Lipinski definition) is 0. The molecule has 1 amide bonds. The second-order valence-electron chi connectivity index (χ2n) is 6.46. The third-order valence-electron chi connectivity index (χ3n) is 4.69. The standard InChI is InChI=1S/C17H21F3N2O2/c1-12-10-24-15(13-5-3-2-4-6-13)9-22(12)14-7-8-21(16(14)23)11-17(18,19)20/h2-6,12,14-15H,7-11H2,1H3/t12-,14+,15-/m1/s1. The number of ether oxygens (including phenoxy) is 1. The normalized spacial score (nSPS) is 29.2. The highest BCUT2D eigenvalue weighted by Crippen LogP contribution is 2.30. The first-order valence-electron chi connectivity index (χ1n) is 8.13. The Bertz CT molecular complexity index is 579. The molecule has 3 rings (SSSR count). The summed E-state index contributed by atoms with van der Waals surface area (Å²) in [6.07, 6.45) is -4.08. The summed E-state index contributed by atoms with van der Waals surface area (Å²) in [4.78, 5) is 15.3. The topological polar surface area (TPSA) is 32.8 Å². The van der Waals surface area contributed by atoms with Crippen molar-refractivity contribution >= 4 is 5.91 Å². The lowest BCUT2D eigenvalue weighted by molar-refractivity contribution is -0.161. The highest BCUT2D eigenvalue weighted by molar-refractivity contribution is 5.84. The molecular weight excluding hydrogens is 321 g/mol. The molecule has 0 aliphatic carbocycles. The van der Waals surface area contributed by atoms with E-state index in [1.54, 1.807) is 0 Å². The van der Waals surface area contributed by atoms with Gasteiger partial charge in [0.1, 0.15) is 6.54 Å². The highest BCUT2D eigenvalue weighted by atomic mass is 19.4. The summed E-state index contributed by atoms with van der Waals surface area (Å²) >= 11 is 0. The zero-order chi connectivity index (χ0) is 17.3. The van der Waals surface area contributed by atoms with Crippen molar-refractivity contribution in [3.8, 4) is 0 Å².